The van der Waals surface area contributed by atoms with Crippen LogP contribution in [0, 0.1) is 0 Å². The van der Waals surface area contributed by atoms with Crippen LogP contribution < -0.4 is 5.32 Å². The third-order valence-electron chi connectivity index (χ3n) is 7.53. The molecule has 8 nitrogen and oxygen atoms in total. The number of fused-ring (bicyclic) bond motifs is 2. The van der Waals surface area contributed by atoms with E-state index in [1.807, 2.05) is 36.0 Å². The summed E-state index contributed by atoms with van der Waals surface area (Å²) in [5.41, 5.74) is 4.58. The van der Waals surface area contributed by atoms with Crippen LogP contribution in [0.25, 0.3) is 16.6 Å². The Morgan fingerprint density at radius 2 is 1.97 bits per heavy atom. The highest BCUT2D eigenvalue weighted by atomic mass is 19.3. The Morgan fingerprint density at radius 1 is 1.17 bits per heavy atom. The van der Waals surface area contributed by atoms with Crippen LogP contribution in [0.2, 0.25) is 0 Å². The molecular weight excluding hydrogens is 466 g/mol. The van der Waals surface area contributed by atoms with Gasteiger partial charge in [0.2, 0.25) is 12.4 Å². The van der Waals surface area contributed by atoms with Gasteiger partial charge in [-0.3, -0.25) is 0 Å². The Hall–Kier alpha value is -2.98. The van der Waals surface area contributed by atoms with Gasteiger partial charge in [-0.05, 0) is 50.7 Å². The third kappa shape index (κ3) is 4.59. The lowest BCUT2D eigenvalue weighted by atomic mass is 9.87. The van der Waals surface area contributed by atoms with Gasteiger partial charge in [-0.1, -0.05) is 0 Å². The van der Waals surface area contributed by atoms with E-state index < -0.39 is 6.43 Å². The van der Waals surface area contributed by atoms with Crippen LogP contribution in [0.5, 0.6) is 0 Å². The average Bonchev–Trinajstić information content (AvgIpc) is 3.51. The Kier molecular flexibility index (Phi) is 6.17. The van der Waals surface area contributed by atoms with Crippen molar-refractivity contribution in [1.29, 1.82) is 0 Å². The molecule has 6 rings (SSSR count). The van der Waals surface area contributed by atoms with Crippen molar-refractivity contribution in [3.8, 4) is 11.1 Å². The maximum atomic E-state index is 12.9. The van der Waals surface area contributed by atoms with E-state index in [0.717, 1.165) is 53.6 Å². The Bertz CT molecular complexity index is 1280. The van der Waals surface area contributed by atoms with Crippen LogP contribution in [0.3, 0.4) is 0 Å². The van der Waals surface area contributed by atoms with Gasteiger partial charge in [-0.25, -0.2) is 28.3 Å². The molecule has 0 bridgehead atoms. The van der Waals surface area contributed by atoms with Gasteiger partial charge in [-0.2, -0.15) is 0 Å². The Morgan fingerprint density at radius 3 is 2.75 bits per heavy atom. The quantitative estimate of drug-likeness (QED) is 0.484. The first-order valence-corrected chi connectivity index (χ1v) is 12.7. The monoisotopic (exact) mass is 496 g/mol. The molecule has 1 saturated heterocycles. The van der Waals surface area contributed by atoms with Gasteiger partial charge >= 0.3 is 0 Å². The summed E-state index contributed by atoms with van der Waals surface area (Å²) < 4.78 is 39.3. The van der Waals surface area contributed by atoms with E-state index in [2.05, 4.69) is 25.4 Å². The van der Waals surface area contributed by atoms with Gasteiger partial charge in [-0.15, -0.1) is 5.10 Å². The van der Waals surface area contributed by atoms with Crippen molar-refractivity contribution < 1.29 is 18.3 Å². The van der Waals surface area contributed by atoms with E-state index in [0.29, 0.717) is 37.8 Å². The van der Waals surface area contributed by atoms with E-state index in [1.54, 1.807) is 6.20 Å². The number of alkyl halides is 2. The molecule has 190 valence electrons. The van der Waals surface area contributed by atoms with Crippen molar-refractivity contribution in [1.82, 2.24) is 19.6 Å². The summed E-state index contributed by atoms with van der Waals surface area (Å²) in [6.45, 7) is 3.29. The summed E-state index contributed by atoms with van der Waals surface area (Å²) in [5, 5.41) is 8.13. The van der Waals surface area contributed by atoms with Crippen LogP contribution in [0.4, 0.5) is 20.5 Å². The van der Waals surface area contributed by atoms with Crippen LogP contribution in [0.15, 0.2) is 35.7 Å². The van der Waals surface area contributed by atoms with Gasteiger partial charge in [0.15, 0.2) is 11.6 Å². The highest BCUT2D eigenvalue weighted by Crippen LogP contribution is 2.40. The minimum absolute atomic E-state index is 0.00505. The number of aromatic nitrogens is 4. The number of rotatable bonds is 6. The topological polar surface area (TPSA) is 85.9 Å². The molecule has 2 aliphatic heterocycles. The zero-order valence-corrected chi connectivity index (χ0v) is 20.3. The highest BCUT2D eigenvalue weighted by molar-refractivity contribution is 5.88. The van der Waals surface area contributed by atoms with Crippen LogP contribution in [0.1, 0.15) is 63.4 Å². The SMILES string of the molecule is CC1=Nc2ncc(-c3ccn4nc(NC5CCC6(CC5)OCCO6)ncc34)cc2C(CCC(F)F)C1. The third-order valence-corrected chi connectivity index (χ3v) is 7.53. The summed E-state index contributed by atoms with van der Waals surface area (Å²) in [5.74, 6) is 0.827. The number of halogens is 2. The molecule has 5 heterocycles. The second kappa shape index (κ2) is 9.48. The maximum Gasteiger partial charge on any atom is 0.241 e. The first kappa shape index (κ1) is 23.4. The van der Waals surface area contributed by atoms with Crippen molar-refractivity contribution in [3.63, 3.8) is 0 Å². The van der Waals surface area contributed by atoms with E-state index in [-0.39, 0.29) is 24.2 Å². The standard InChI is InChI=1S/C26H30F2N6O2/c1-16-12-17(2-3-23(27)28)21-13-18(14-29-24(21)31-16)20-6-9-34-22(20)15-30-25(33-34)32-19-4-7-26(8-5-19)35-10-11-36-26/h6,9,13-15,17,19,23H,2-5,7-8,10-12H2,1H3,(H,32,33). The number of nitrogens with one attached hydrogen (secondary N) is 1. The van der Waals surface area contributed by atoms with Crippen LogP contribution in [-0.4, -0.2) is 56.8 Å². The molecule has 0 amide bonds. The molecule has 3 aromatic rings. The highest BCUT2D eigenvalue weighted by Gasteiger charge is 2.40. The van der Waals surface area contributed by atoms with E-state index in [4.69, 9.17) is 9.47 Å². The van der Waals surface area contributed by atoms with Crippen molar-refractivity contribution in [2.24, 2.45) is 4.99 Å². The molecular formula is C26H30F2N6O2. The molecule has 0 aromatic carbocycles. The van der Waals surface area contributed by atoms with Crippen molar-refractivity contribution in [3.05, 3.63) is 36.3 Å². The largest absolute Gasteiger partial charge is 0.350 e. The molecule has 1 aliphatic carbocycles. The first-order chi connectivity index (χ1) is 17.5. The average molecular weight is 497 g/mol. The van der Waals surface area contributed by atoms with E-state index in [1.165, 1.54) is 0 Å². The van der Waals surface area contributed by atoms with Gasteiger partial charge in [0.25, 0.3) is 0 Å². The molecule has 1 unspecified atom stereocenters. The number of hydrogen-bond donors (Lipinski definition) is 1. The fraction of sp³-hybridized carbons (Fsp3) is 0.538. The molecule has 0 radical (unpaired) electrons. The number of aliphatic imine (C=N–C) groups is 1. The van der Waals surface area contributed by atoms with E-state index >= 15 is 0 Å². The minimum Gasteiger partial charge on any atom is -0.350 e. The zero-order valence-electron chi connectivity index (χ0n) is 20.3. The normalized spacial score (nSPS) is 21.8. The van der Waals surface area contributed by atoms with Gasteiger partial charge in [0.1, 0.15) is 0 Å². The number of pyridine rings is 1. The van der Waals surface area contributed by atoms with Gasteiger partial charge in [0.05, 0.1) is 24.9 Å². The minimum atomic E-state index is -2.31. The number of anilines is 1. The van der Waals surface area contributed by atoms with E-state index in [9.17, 15) is 8.78 Å². The number of hydrogen-bond acceptors (Lipinski definition) is 7. The Balaban J connectivity index is 1.21. The molecule has 1 saturated carbocycles. The van der Waals surface area contributed by atoms with Crippen LogP contribution in [-0.2, 0) is 9.47 Å². The fourth-order valence-electron chi connectivity index (χ4n) is 5.67. The smallest absolute Gasteiger partial charge is 0.241 e. The lowest BCUT2D eigenvalue weighted by Gasteiger charge is -2.35. The zero-order chi connectivity index (χ0) is 24.7. The maximum absolute atomic E-state index is 12.9. The second-order valence-electron chi connectivity index (χ2n) is 10.0. The Labute approximate surface area is 208 Å². The molecule has 3 aromatic heterocycles. The molecule has 1 atom stereocenters. The number of nitrogens with zero attached hydrogens (tertiary/aromatic N) is 5. The lowest BCUT2D eigenvalue weighted by Crippen LogP contribution is -2.39. The second-order valence-corrected chi connectivity index (χ2v) is 10.0. The summed E-state index contributed by atoms with van der Waals surface area (Å²) in [7, 11) is 0. The van der Waals surface area contributed by atoms with Gasteiger partial charge < -0.3 is 14.8 Å². The molecule has 3 aliphatic rings. The molecule has 1 N–H and O–H groups in total. The summed E-state index contributed by atoms with van der Waals surface area (Å²) in [4.78, 5) is 13.7. The van der Waals surface area contributed by atoms with Crippen LogP contribution >= 0.6 is 0 Å². The number of ether oxygens (including phenoxy) is 2. The summed E-state index contributed by atoms with van der Waals surface area (Å²) in [6, 6.07) is 4.30. The molecule has 10 heteroatoms. The lowest BCUT2D eigenvalue weighted by molar-refractivity contribution is -0.177. The summed E-state index contributed by atoms with van der Waals surface area (Å²) >= 11 is 0. The predicted molar refractivity (Wildman–Crippen MR) is 132 cm³/mol. The molecule has 36 heavy (non-hydrogen) atoms. The fourth-order valence-corrected chi connectivity index (χ4v) is 5.67. The van der Waals surface area contributed by atoms with Crippen molar-refractivity contribution >= 4 is 23.0 Å². The van der Waals surface area contributed by atoms with Crippen molar-refractivity contribution in [2.75, 3.05) is 18.5 Å². The molecule has 1 spiro atoms. The van der Waals surface area contributed by atoms with Crippen molar-refractivity contribution in [2.45, 2.75) is 76.0 Å². The first-order valence-electron chi connectivity index (χ1n) is 12.7. The molecule has 2 fully saturated rings. The predicted octanol–water partition coefficient (Wildman–Crippen LogP) is 5.51. The summed E-state index contributed by atoms with van der Waals surface area (Å²) in [6.07, 6.45) is 7.79. The van der Waals surface area contributed by atoms with Gasteiger partial charge in [0, 0.05) is 60.1 Å².